The van der Waals surface area contributed by atoms with Crippen LogP contribution in [0.1, 0.15) is 26.7 Å². The predicted octanol–water partition coefficient (Wildman–Crippen LogP) is 0.708. The Hall–Kier alpha value is -1.16. The average molecular weight is 223 g/mol. The molecular weight excluding hydrogens is 206 g/mol. The summed E-state index contributed by atoms with van der Waals surface area (Å²) in [5.41, 5.74) is -1.02. The highest BCUT2D eigenvalue weighted by Crippen LogP contribution is 2.35. The first-order chi connectivity index (χ1) is 7.40. The first kappa shape index (κ1) is 11.3. The molecule has 0 radical (unpaired) electrons. The van der Waals surface area contributed by atoms with Crippen molar-refractivity contribution in [1.82, 2.24) is 4.90 Å². The van der Waals surface area contributed by atoms with Gasteiger partial charge in [-0.25, -0.2) is 0 Å². The van der Waals surface area contributed by atoms with Crippen molar-refractivity contribution >= 4 is 11.8 Å². The zero-order valence-corrected chi connectivity index (χ0v) is 9.64. The van der Waals surface area contributed by atoms with Crippen LogP contribution in [0, 0.1) is 11.8 Å². The zero-order valence-electron chi connectivity index (χ0n) is 9.64. The van der Waals surface area contributed by atoms with Gasteiger partial charge in [0, 0.05) is 0 Å². The van der Waals surface area contributed by atoms with Crippen LogP contribution in [0.5, 0.6) is 0 Å². The van der Waals surface area contributed by atoms with Gasteiger partial charge in [-0.2, -0.15) is 0 Å². The number of likely N-dealkylation sites (tertiary alicyclic amines) is 1. The molecule has 2 rings (SSSR count). The molecule has 2 amide bonds. The monoisotopic (exact) mass is 223 g/mol. The third kappa shape index (κ3) is 1.89. The van der Waals surface area contributed by atoms with Crippen LogP contribution in [-0.4, -0.2) is 34.0 Å². The largest absolute Gasteiger partial charge is 0.389 e. The highest BCUT2D eigenvalue weighted by atomic mass is 16.3. The van der Waals surface area contributed by atoms with E-state index >= 15 is 0 Å². The molecule has 0 unspecified atom stereocenters. The first-order valence-corrected chi connectivity index (χ1v) is 5.63. The predicted molar refractivity (Wildman–Crippen MR) is 58.4 cm³/mol. The molecule has 0 spiro atoms. The average Bonchev–Trinajstić information content (AvgIpc) is 2.43. The number of β-amino-alcohol motifs (C(OH)–C–C–N with tert-alkyl or cyclic N) is 1. The fourth-order valence-electron chi connectivity index (χ4n) is 2.41. The molecule has 1 saturated heterocycles. The Labute approximate surface area is 94.9 Å². The number of aliphatic hydroxyl groups is 1. The van der Waals surface area contributed by atoms with Gasteiger partial charge in [0.25, 0.3) is 0 Å². The minimum Gasteiger partial charge on any atom is -0.389 e. The van der Waals surface area contributed by atoms with E-state index < -0.39 is 5.60 Å². The standard InChI is InChI=1S/C12H17NO3/c1-12(2,16)7-13-10(14)8-5-3-4-6-9(8)11(13)15/h3-4,8-9,16H,5-7H2,1-2H3/t8-,9+. The maximum Gasteiger partial charge on any atom is 0.233 e. The molecule has 0 saturated carbocycles. The van der Waals surface area contributed by atoms with Gasteiger partial charge in [-0.1, -0.05) is 12.2 Å². The Morgan fingerprint density at radius 2 is 1.69 bits per heavy atom. The second-order valence-electron chi connectivity index (χ2n) is 5.23. The molecule has 16 heavy (non-hydrogen) atoms. The quantitative estimate of drug-likeness (QED) is 0.554. The van der Waals surface area contributed by atoms with Crippen molar-refractivity contribution in [2.24, 2.45) is 11.8 Å². The van der Waals surface area contributed by atoms with E-state index in [4.69, 9.17) is 0 Å². The molecule has 1 fully saturated rings. The van der Waals surface area contributed by atoms with Crippen LogP contribution in [0.15, 0.2) is 12.2 Å². The summed E-state index contributed by atoms with van der Waals surface area (Å²) in [5, 5.41) is 9.69. The summed E-state index contributed by atoms with van der Waals surface area (Å²) in [6, 6.07) is 0. The van der Waals surface area contributed by atoms with E-state index in [1.165, 1.54) is 4.90 Å². The van der Waals surface area contributed by atoms with E-state index in [0.717, 1.165) is 0 Å². The summed E-state index contributed by atoms with van der Waals surface area (Å²) in [6.07, 6.45) is 5.22. The lowest BCUT2D eigenvalue weighted by molar-refractivity contribution is -0.143. The van der Waals surface area contributed by atoms with Gasteiger partial charge in [0.1, 0.15) is 0 Å². The maximum absolute atomic E-state index is 12.0. The minimum absolute atomic E-state index is 0.0949. The van der Waals surface area contributed by atoms with Crippen LogP contribution in [-0.2, 0) is 9.59 Å². The Balaban J connectivity index is 2.18. The number of carbonyl (C=O) groups is 2. The number of hydrogen-bond donors (Lipinski definition) is 1. The fraction of sp³-hybridized carbons (Fsp3) is 0.667. The van der Waals surface area contributed by atoms with Crippen LogP contribution >= 0.6 is 0 Å². The molecule has 0 aromatic rings. The fourth-order valence-corrected chi connectivity index (χ4v) is 2.41. The molecule has 1 aliphatic heterocycles. The van der Waals surface area contributed by atoms with Gasteiger partial charge in [0.2, 0.25) is 11.8 Å². The van der Waals surface area contributed by atoms with Crippen molar-refractivity contribution in [3.63, 3.8) is 0 Å². The second kappa shape index (κ2) is 3.70. The van der Waals surface area contributed by atoms with Crippen LogP contribution < -0.4 is 0 Å². The Bertz CT molecular complexity index is 328. The Morgan fingerprint density at radius 3 is 2.06 bits per heavy atom. The van der Waals surface area contributed by atoms with Gasteiger partial charge in [-0.3, -0.25) is 14.5 Å². The lowest BCUT2D eigenvalue weighted by atomic mass is 9.85. The summed E-state index contributed by atoms with van der Waals surface area (Å²) < 4.78 is 0. The second-order valence-corrected chi connectivity index (χ2v) is 5.23. The van der Waals surface area contributed by atoms with Gasteiger partial charge < -0.3 is 5.11 Å². The Morgan fingerprint density at radius 1 is 1.25 bits per heavy atom. The molecule has 0 bridgehead atoms. The molecule has 1 N–H and O–H groups in total. The van der Waals surface area contributed by atoms with Crippen LogP contribution in [0.4, 0.5) is 0 Å². The number of carbonyl (C=O) groups excluding carboxylic acids is 2. The molecular formula is C12H17NO3. The van der Waals surface area contributed by atoms with Gasteiger partial charge >= 0.3 is 0 Å². The number of imide groups is 1. The summed E-state index contributed by atoms with van der Waals surface area (Å²) in [7, 11) is 0. The van der Waals surface area contributed by atoms with Crippen LogP contribution in [0.25, 0.3) is 0 Å². The third-order valence-electron chi connectivity index (χ3n) is 3.14. The number of allylic oxidation sites excluding steroid dienone is 2. The van der Waals surface area contributed by atoms with Gasteiger partial charge in [-0.15, -0.1) is 0 Å². The molecule has 1 heterocycles. The molecule has 88 valence electrons. The first-order valence-electron chi connectivity index (χ1n) is 5.63. The summed E-state index contributed by atoms with van der Waals surface area (Å²) in [5.74, 6) is -0.636. The minimum atomic E-state index is -1.02. The van der Waals surface area contributed by atoms with E-state index in [-0.39, 0.29) is 30.2 Å². The van der Waals surface area contributed by atoms with Crippen molar-refractivity contribution < 1.29 is 14.7 Å². The van der Waals surface area contributed by atoms with Crippen molar-refractivity contribution in [3.05, 3.63) is 12.2 Å². The van der Waals surface area contributed by atoms with E-state index in [1.54, 1.807) is 13.8 Å². The summed E-state index contributed by atoms with van der Waals surface area (Å²) in [6.45, 7) is 3.30. The molecule has 4 nitrogen and oxygen atoms in total. The smallest absolute Gasteiger partial charge is 0.233 e. The molecule has 0 aromatic carbocycles. The summed E-state index contributed by atoms with van der Waals surface area (Å²) >= 11 is 0. The number of fused-ring (bicyclic) bond motifs is 1. The third-order valence-corrected chi connectivity index (χ3v) is 3.14. The number of amides is 2. The van der Waals surface area contributed by atoms with Gasteiger partial charge in [0.15, 0.2) is 0 Å². The number of nitrogens with zero attached hydrogens (tertiary/aromatic N) is 1. The van der Waals surface area contributed by atoms with Gasteiger partial charge in [0.05, 0.1) is 24.0 Å². The molecule has 0 aromatic heterocycles. The van der Waals surface area contributed by atoms with E-state index in [0.29, 0.717) is 12.8 Å². The normalized spacial score (nSPS) is 29.8. The topological polar surface area (TPSA) is 57.6 Å². The van der Waals surface area contributed by atoms with Crippen molar-refractivity contribution in [2.75, 3.05) is 6.54 Å². The molecule has 1 aliphatic carbocycles. The molecule has 2 aliphatic rings. The van der Waals surface area contributed by atoms with Gasteiger partial charge in [-0.05, 0) is 26.7 Å². The zero-order chi connectivity index (χ0) is 11.9. The lowest BCUT2D eigenvalue weighted by Gasteiger charge is -2.24. The van der Waals surface area contributed by atoms with Crippen molar-refractivity contribution in [3.8, 4) is 0 Å². The lowest BCUT2D eigenvalue weighted by Crippen LogP contribution is -2.42. The van der Waals surface area contributed by atoms with E-state index in [2.05, 4.69) is 0 Å². The molecule has 4 heteroatoms. The highest BCUT2D eigenvalue weighted by Gasteiger charge is 2.48. The van der Waals surface area contributed by atoms with E-state index in [9.17, 15) is 14.7 Å². The van der Waals surface area contributed by atoms with Crippen molar-refractivity contribution in [1.29, 1.82) is 0 Å². The Kier molecular flexibility index (Phi) is 2.62. The summed E-state index contributed by atoms with van der Waals surface area (Å²) in [4.78, 5) is 25.2. The van der Waals surface area contributed by atoms with Crippen LogP contribution in [0.2, 0.25) is 0 Å². The van der Waals surface area contributed by atoms with E-state index in [1.807, 2.05) is 12.2 Å². The maximum atomic E-state index is 12.0. The number of hydrogen-bond acceptors (Lipinski definition) is 3. The highest BCUT2D eigenvalue weighted by molar-refractivity contribution is 6.05. The SMILES string of the molecule is CC(C)(O)CN1C(=O)[C@H]2CC=CC[C@H]2C1=O. The molecule has 2 atom stereocenters. The number of rotatable bonds is 2. The van der Waals surface area contributed by atoms with Crippen molar-refractivity contribution in [2.45, 2.75) is 32.3 Å². The van der Waals surface area contributed by atoms with Crippen LogP contribution in [0.3, 0.4) is 0 Å².